The van der Waals surface area contributed by atoms with Crippen molar-refractivity contribution < 1.29 is 14.3 Å². The van der Waals surface area contributed by atoms with Gasteiger partial charge in [-0.15, -0.1) is 0 Å². The van der Waals surface area contributed by atoms with Gasteiger partial charge in [0.2, 0.25) is 0 Å². The predicted octanol–water partition coefficient (Wildman–Crippen LogP) is 5.35. The summed E-state index contributed by atoms with van der Waals surface area (Å²) in [6.07, 6.45) is 0. The number of ether oxygens (including phenoxy) is 2. The third-order valence-corrected chi connectivity index (χ3v) is 4.79. The molecule has 0 radical (unpaired) electrons. The largest absolute Gasteiger partial charge is 0.487 e. The van der Waals surface area contributed by atoms with Gasteiger partial charge in [-0.3, -0.25) is 4.79 Å². The molecule has 1 N–H and O–H groups in total. The Morgan fingerprint density at radius 2 is 1.70 bits per heavy atom. The van der Waals surface area contributed by atoms with Crippen LogP contribution in [0.1, 0.15) is 11.1 Å². The topological polar surface area (TPSA) is 47.6 Å². The first-order chi connectivity index (χ1) is 13.1. The number of benzene rings is 3. The Hall–Kier alpha value is -2.79. The molecule has 1 amide bonds. The zero-order chi connectivity index (χ0) is 19.1. The van der Waals surface area contributed by atoms with Crippen molar-refractivity contribution in [2.75, 3.05) is 11.9 Å². The molecule has 0 unspecified atom stereocenters. The smallest absolute Gasteiger partial charge is 0.262 e. The molecular formula is C22H20BrNO3. The molecule has 0 fully saturated rings. The molecule has 5 heteroatoms. The molecule has 3 rings (SSSR count). The highest BCUT2D eigenvalue weighted by Crippen LogP contribution is 2.25. The van der Waals surface area contributed by atoms with Gasteiger partial charge in [0.1, 0.15) is 18.1 Å². The van der Waals surface area contributed by atoms with Crippen LogP contribution in [-0.4, -0.2) is 12.5 Å². The fourth-order valence-electron chi connectivity index (χ4n) is 2.47. The maximum atomic E-state index is 12.3. The highest BCUT2D eigenvalue weighted by atomic mass is 79.9. The van der Waals surface area contributed by atoms with Gasteiger partial charge in [0, 0.05) is 4.47 Å². The second-order valence-corrected chi connectivity index (χ2v) is 6.87. The van der Waals surface area contributed by atoms with E-state index in [0.717, 1.165) is 15.6 Å². The summed E-state index contributed by atoms with van der Waals surface area (Å²) in [6.45, 7) is 2.33. The van der Waals surface area contributed by atoms with Gasteiger partial charge in [-0.1, -0.05) is 58.4 Å². The Kier molecular flexibility index (Phi) is 6.49. The van der Waals surface area contributed by atoms with Crippen LogP contribution in [0.4, 0.5) is 5.69 Å². The molecule has 0 aromatic heterocycles. The summed E-state index contributed by atoms with van der Waals surface area (Å²) in [5.74, 6) is 1.03. The number of nitrogens with one attached hydrogen (secondary N) is 1. The number of amides is 1. The number of anilines is 1. The van der Waals surface area contributed by atoms with Crippen LogP contribution < -0.4 is 14.8 Å². The molecule has 0 heterocycles. The summed E-state index contributed by atoms with van der Waals surface area (Å²) in [4.78, 5) is 12.3. The van der Waals surface area contributed by atoms with Gasteiger partial charge < -0.3 is 14.8 Å². The third-order valence-electron chi connectivity index (χ3n) is 3.90. The van der Waals surface area contributed by atoms with Crippen molar-refractivity contribution in [3.8, 4) is 11.5 Å². The molecule has 3 aromatic carbocycles. The lowest BCUT2D eigenvalue weighted by molar-refractivity contribution is -0.118. The van der Waals surface area contributed by atoms with Crippen LogP contribution in [-0.2, 0) is 11.4 Å². The van der Waals surface area contributed by atoms with Crippen molar-refractivity contribution in [3.05, 3.63) is 88.4 Å². The van der Waals surface area contributed by atoms with E-state index in [2.05, 4.69) is 21.2 Å². The summed E-state index contributed by atoms with van der Waals surface area (Å²) in [6, 6.07) is 22.8. The van der Waals surface area contributed by atoms with Crippen LogP contribution in [0.25, 0.3) is 0 Å². The average molecular weight is 426 g/mol. The number of hydrogen-bond donors (Lipinski definition) is 1. The number of rotatable bonds is 7. The molecule has 0 saturated carbocycles. The van der Waals surface area contributed by atoms with Gasteiger partial charge >= 0.3 is 0 Å². The van der Waals surface area contributed by atoms with E-state index in [9.17, 15) is 4.79 Å². The number of hydrogen-bond acceptors (Lipinski definition) is 3. The van der Waals surface area contributed by atoms with E-state index in [-0.39, 0.29) is 12.5 Å². The van der Waals surface area contributed by atoms with Gasteiger partial charge in [-0.2, -0.15) is 0 Å². The lowest BCUT2D eigenvalue weighted by Crippen LogP contribution is -2.20. The summed E-state index contributed by atoms with van der Waals surface area (Å²) in [5, 5.41) is 2.84. The standard InChI is InChI=1S/C22H20BrNO3/c1-16-13-18(11-12-19(16)23)26-15-22(25)24-20-9-5-6-10-21(20)27-14-17-7-3-2-4-8-17/h2-13H,14-15H2,1H3,(H,24,25). The van der Waals surface area contributed by atoms with E-state index < -0.39 is 0 Å². The van der Waals surface area contributed by atoms with Crippen LogP contribution in [0, 0.1) is 6.92 Å². The second kappa shape index (κ2) is 9.24. The van der Waals surface area contributed by atoms with E-state index in [4.69, 9.17) is 9.47 Å². The highest BCUT2D eigenvalue weighted by Gasteiger charge is 2.09. The number of carbonyl (C=O) groups is 1. The lowest BCUT2D eigenvalue weighted by atomic mass is 10.2. The van der Waals surface area contributed by atoms with Gasteiger partial charge in [0.15, 0.2) is 6.61 Å². The Labute approximate surface area is 167 Å². The molecule has 0 aliphatic rings. The van der Waals surface area contributed by atoms with Crippen LogP contribution in [0.3, 0.4) is 0 Å². The maximum absolute atomic E-state index is 12.3. The van der Waals surface area contributed by atoms with Crippen LogP contribution in [0.5, 0.6) is 11.5 Å². The fraction of sp³-hybridized carbons (Fsp3) is 0.136. The van der Waals surface area contributed by atoms with E-state index in [1.54, 1.807) is 0 Å². The van der Waals surface area contributed by atoms with Crippen molar-refractivity contribution in [1.29, 1.82) is 0 Å². The normalized spacial score (nSPS) is 10.3. The van der Waals surface area contributed by atoms with Gasteiger partial charge in [0.25, 0.3) is 5.91 Å². The van der Waals surface area contributed by atoms with Crippen LogP contribution in [0.2, 0.25) is 0 Å². The third kappa shape index (κ3) is 5.59. The minimum Gasteiger partial charge on any atom is -0.487 e. The minimum absolute atomic E-state index is 0.0753. The van der Waals surface area contributed by atoms with Gasteiger partial charge in [0.05, 0.1) is 5.69 Å². The molecule has 0 aliphatic heterocycles. The quantitative estimate of drug-likeness (QED) is 0.554. The first-order valence-corrected chi connectivity index (χ1v) is 9.35. The van der Waals surface area contributed by atoms with Crippen molar-refractivity contribution in [1.82, 2.24) is 0 Å². The van der Waals surface area contributed by atoms with Gasteiger partial charge in [-0.25, -0.2) is 0 Å². The minimum atomic E-state index is -0.244. The SMILES string of the molecule is Cc1cc(OCC(=O)Nc2ccccc2OCc2ccccc2)ccc1Br. The first kappa shape index (κ1) is 19.0. The zero-order valence-corrected chi connectivity index (χ0v) is 16.5. The monoisotopic (exact) mass is 425 g/mol. The molecule has 0 aliphatic carbocycles. The highest BCUT2D eigenvalue weighted by molar-refractivity contribution is 9.10. The number of carbonyl (C=O) groups excluding carboxylic acids is 1. The first-order valence-electron chi connectivity index (χ1n) is 8.56. The molecule has 0 atom stereocenters. The Morgan fingerprint density at radius 3 is 2.48 bits per heavy atom. The van der Waals surface area contributed by atoms with Gasteiger partial charge in [-0.05, 0) is 48.4 Å². The molecule has 4 nitrogen and oxygen atoms in total. The molecule has 0 bridgehead atoms. The van der Waals surface area contributed by atoms with Crippen molar-refractivity contribution in [2.45, 2.75) is 13.5 Å². The second-order valence-electron chi connectivity index (χ2n) is 6.02. The van der Waals surface area contributed by atoms with Crippen molar-refractivity contribution in [2.24, 2.45) is 0 Å². The van der Waals surface area contributed by atoms with E-state index in [0.29, 0.717) is 23.8 Å². The van der Waals surface area contributed by atoms with E-state index in [1.165, 1.54) is 0 Å². The predicted molar refractivity (Wildman–Crippen MR) is 110 cm³/mol. The Morgan fingerprint density at radius 1 is 0.963 bits per heavy atom. The molecule has 3 aromatic rings. The zero-order valence-electron chi connectivity index (χ0n) is 14.9. The summed E-state index contributed by atoms with van der Waals surface area (Å²) in [5.41, 5.74) is 2.73. The fourth-order valence-corrected chi connectivity index (χ4v) is 2.72. The summed E-state index contributed by atoms with van der Waals surface area (Å²) in [7, 11) is 0. The maximum Gasteiger partial charge on any atom is 0.262 e. The van der Waals surface area contributed by atoms with E-state index in [1.807, 2.05) is 79.7 Å². The van der Waals surface area contributed by atoms with Crippen molar-refractivity contribution in [3.63, 3.8) is 0 Å². The average Bonchev–Trinajstić information content (AvgIpc) is 2.69. The van der Waals surface area contributed by atoms with Crippen molar-refractivity contribution >= 4 is 27.5 Å². The number of para-hydroxylation sites is 2. The molecule has 0 spiro atoms. The Balaban J connectivity index is 1.58. The number of halogens is 1. The summed E-state index contributed by atoms with van der Waals surface area (Å²) < 4.78 is 12.4. The molecule has 0 saturated heterocycles. The van der Waals surface area contributed by atoms with Crippen LogP contribution >= 0.6 is 15.9 Å². The Bertz CT molecular complexity index is 912. The number of aryl methyl sites for hydroxylation is 1. The van der Waals surface area contributed by atoms with E-state index >= 15 is 0 Å². The molecule has 27 heavy (non-hydrogen) atoms. The molecular weight excluding hydrogens is 406 g/mol. The van der Waals surface area contributed by atoms with Crippen LogP contribution in [0.15, 0.2) is 77.3 Å². The summed E-state index contributed by atoms with van der Waals surface area (Å²) >= 11 is 3.44. The lowest BCUT2D eigenvalue weighted by Gasteiger charge is -2.13. The molecule has 138 valence electrons.